The van der Waals surface area contributed by atoms with Crippen molar-refractivity contribution in [1.29, 1.82) is 0 Å². The Morgan fingerprint density at radius 1 is 1.19 bits per heavy atom. The molecule has 36 heavy (non-hydrogen) atoms. The number of nitrogens with one attached hydrogen (secondary N) is 2. The van der Waals surface area contributed by atoms with Crippen molar-refractivity contribution in [2.45, 2.75) is 57.1 Å². The van der Waals surface area contributed by atoms with Gasteiger partial charge in [-0.3, -0.25) is 4.79 Å². The fourth-order valence-electron chi connectivity index (χ4n) is 4.03. The molecule has 1 aromatic rings. The standard InChI is InChI=1S/C26H32F6N2O2/c1-5-6-7-8-17(2)24(10-9-19(15-34-24)11-23(35)33-4)16-36-18(3)20-12-21(25(27,28)29)14-22(13-20)26(30,31)32/h5-8,12-14,18-19,34H,2,9-11,15-16H2,1,3-4H3,(H,33,35)/b6-5-,8-7-/t18-,19+,24-/m1/s1. The molecule has 1 aliphatic rings. The Balaban J connectivity index is 2.28. The van der Waals surface area contributed by atoms with Crippen LogP contribution in [0.4, 0.5) is 26.3 Å². The summed E-state index contributed by atoms with van der Waals surface area (Å²) in [4.78, 5) is 11.8. The lowest BCUT2D eigenvalue weighted by Crippen LogP contribution is -2.55. The number of ether oxygens (including phenoxy) is 1. The first-order valence-corrected chi connectivity index (χ1v) is 11.6. The van der Waals surface area contributed by atoms with Gasteiger partial charge in [0, 0.05) is 13.5 Å². The molecule has 0 aliphatic carbocycles. The lowest BCUT2D eigenvalue weighted by atomic mass is 9.78. The molecule has 0 unspecified atom stereocenters. The van der Waals surface area contributed by atoms with Gasteiger partial charge in [-0.25, -0.2) is 0 Å². The predicted octanol–water partition coefficient (Wildman–Crippen LogP) is 6.36. The molecule has 0 spiro atoms. The molecule has 1 aromatic carbocycles. The number of amides is 1. The average Bonchev–Trinajstić information content (AvgIpc) is 2.82. The quantitative estimate of drug-likeness (QED) is 0.295. The van der Waals surface area contributed by atoms with E-state index in [-0.39, 0.29) is 30.1 Å². The molecule has 10 heteroatoms. The van der Waals surface area contributed by atoms with E-state index < -0.39 is 35.1 Å². The van der Waals surface area contributed by atoms with Crippen LogP contribution in [0, 0.1) is 5.92 Å². The van der Waals surface area contributed by atoms with Crippen molar-refractivity contribution in [3.05, 3.63) is 71.3 Å². The zero-order valence-corrected chi connectivity index (χ0v) is 20.5. The van der Waals surface area contributed by atoms with Crippen molar-refractivity contribution in [2.75, 3.05) is 20.2 Å². The minimum absolute atomic E-state index is 0.0303. The number of rotatable bonds is 9. The number of carbonyl (C=O) groups excluding carboxylic acids is 1. The summed E-state index contributed by atoms with van der Waals surface area (Å²) in [5.74, 6) is -0.0170. The molecule has 1 saturated heterocycles. The number of alkyl halides is 6. The van der Waals surface area contributed by atoms with Crippen LogP contribution in [0.5, 0.6) is 0 Å². The minimum atomic E-state index is -4.94. The van der Waals surface area contributed by atoms with E-state index in [0.29, 0.717) is 43.5 Å². The van der Waals surface area contributed by atoms with Gasteiger partial charge in [0.15, 0.2) is 0 Å². The minimum Gasteiger partial charge on any atom is -0.372 e. The second kappa shape index (κ2) is 12.1. The van der Waals surface area contributed by atoms with Crippen molar-refractivity contribution in [3.63, 3.8) is 0 Å². The summed E-state index contributed by atoms with van der Waals surface area (Å²) >= 11 is 0. The Morgan fingerprint density at radius 2 is 1.81 bits per heavy atom. The Hall–Kier alpha value is -2.59. The average molecular weight is 519 g/mol. The fourth-order valence-corrected chi connectivity index (χ4v) is 4.03. The number of hydrogen-bond acceptors (Lipinski definition) is 3. The molecule has 2 N–H and O–H groups in total. The molecule has 1 aliphatic heterocycles. The molecule has 0 saturated carbocycles. The number of hydrogen-bond donors (Lipinski definition) is 2. The van der Waals surface area contributed by atoms with Gasteiger partial charge >= 0.3 is 12.4 Å². The number of benzene rings is 1. The molecule has 0 radical (unpaired) electrons. The highest BCUT2D eigenvalue weighted by atomic mass is 19.4. The molecule has 4 nitrogen and oxygen atoms in total. The topological polar surface area (TPSA) is 50.4 Å². The van der Waals surface area contributed by atoms with Gasteiger partial charge in [-0.05, 0) is 68.5 Å². The van der Waals surface area contributed by atoms with Crippen molar-refractivity contribution in [1.82, 2.24) is 10.6 Å². The van der Waals surface area contributed by atoms with Crippen LogP contribution >= 0.6 is 0 Å². The zero-order valence-electron chi connectivity index (χ0n) is 20.5. The first kappa shape index (κ1) is 29.6. The highest BCUT2D eigenvalue weighted by Gasteiger charge is 2.39. The summed E-state index contributed by atoms with van der Waals surface area (Å²) < 4.78 is 85.5. The van der Waals surface area contributed by atoms with Crippen LogP contribution in [0.25, 0.3) is 0 Å². The van der Waals surface area contributed by atoms with Gasteiger partial charge < -0.3 is 15.4 Å². The van der Waals surface area contributed by atoms with E-state index in [1.807, 2.05) is 13.0 Å². The summed E-state index contributed by atoms with van der Waals surface area (Å²) in [6.07, 6.45) is -2.20. The molecular formula is C26H32F6N2O2. The summed E-state index contributed by atoms with van der Waals surface area (Å²) in [6, 6.07) is 1.46. The molecule has 1 heterocycles. The molecule has 0 aromatic heterocycles. The Morgan fingerprint density at radius 3 is 2.28 bits per heavy atom. The highest BCUT2D eigenvalue weighted by molar-refractivity contribution is 5.75. The van der Waals surface area contributed by atoms with Crippen molar-refractivity contribution in [2.24, 2.45) is 5.92 Å². The van der Waals surface area contributed by atoms with Gasteiger partial charge in [-0.1, -0.05) is 30.9 Å². The molecule has 1 amide bonds. The van der Waals surface area contributed by atoms with Crippen molar-refractivity contribution in [3.8, 4) is 0 Å². The number of piperidine rings is 1. The van der Waals surface area contributed by atoms with Crippen LogP contribution in [-0.4, -0.2) is 31.6 Å². The number of allylic oxidation sites excluding steroid dienone is 3. The monoisotopic (exact) mass is 518 g/mol. The maximum absolute atomic E-state index is 13.3. The third kappa shape index (κ3) is 7.96. The second-order valence-corrected chi connectivity index (χ2v) is 8.95. The van der Waals surface area contributed by atoms with Crippen LogP contribution < -0.4 is 10.6 Å². The summed E-state index contributed by atoms with van der Waals surface area (Å²) in [7, 11) is 1.56. The molecule has 3 atom stereocenters. The lowest BCUT2D eigenvalue weighted by molar-refractivity contribution is -0.143. The van der Waals surface area contributed by atoms with Crippen LogP contribution in [0.3, 0.4) is 0 Å². The van der Waals surface area contributed by atoms with E-state index in [2.05, 4.69) is 17.2 Å². The SMILES string of the molecule is C=C(/C=C\C=C/C)[C@]1(CO[C@H](C)c2cc(C(F)(F)F)cc(C(F)(F)F)c2)CC[C@@H](CC(=O)NC)CN1. The van der Waals surface area contributed by atoms with Crippen LogP contribution in [0.15, 0.2) is 54.7 Å². The van der Waals surface area contributed by atoms with E-state index in [9.17, 15) is 31.1 Å². The third-order valence-corrected chi connectivity index (χ3v) is 6.34. The van der Waals surface area contributed by atoms with Crippen LogP contribution in [0.1, 0.15) is 55.9 Å². The van der Waals surface area contributed by atoms with E-state index in [1.165, 1.54) is 6.92 Å². The molecule has 2 rings (SSSR count). The van der Waals surface area contributed by atoms with Gasteiger partial charge in [0.25, 0.3) is 0 Å². The van der Waals surface area contributed by atoms with Crippen molar-refractivity contribution < 1.29 is 35.9 Å². The van der Waals surface area contributed by atoms with Crippen LogP contribution in [0.2, 0.25) is 0 Å². The third-order valence-electron chi connectivity index (χ3n) is 6.34. The molecule has 200 valence electrons. The number of carbonyl (C=O) groups is 1. The Bertz CT molecular complexity index is 941. The molecular weight excluding hydrogens is 486 g/mol. The van der Waals surface area contributed by atoms with E-state index in [0.717, 1.165) is 0 Å². The Labute approximate surface area is 207 Å². The maximum atomic E-state index is 13.3. The first-order valence-electron chi connectivity index (χ1n) is 11.6. The van der Waals surface area contributed by atoms with E-state index in [1.54, 1.807) is 25.3 Å². The largest absolute Gasteiger partial charge is 0.416 e. The van der Waals surface area contributed by atoms with Crippen LogP contribution in [-0.2, 0) is 21.9 Å². The van der Waals surface area contributed by atoms with Gasteiger partial charge in [0.05, 0.1) is 29.4 Å². The van der Waals surface area contributed by atoms with Gasteiger partial charge in [0.1, 0.15) is 0 Å². The normalized spacial score (nSPS) is 22.2. The van der Waals surface area contributed by atoms with Gasteiger partial charge in [-0.2, -0.15) is 26.3 Å². The lowest BCUT2D eigenvalue weighted by Gasteiger charge is -2.42. The highest BCUT2D eigenvalue weighted by Crippen LogP contribution is 2.39. The second-order valence-electron chi connectivity index (χ2n) is 8.95. The smallest absolute Gasteiger partial charge is 0.372 e. The first-order chi connectivity index (χ1) is 16.7. The summed E-state index contributed by atoms with van der Waals surface area (Å²) in [6.45, 7) is 7.84. The number of halogens is 6. The Kier molecular flexibility index (Phi) is 9.96. The summed E-state index contributed by atoms with van der Waals surface area (Å²) in [5, 5.41) is 5.97. The fraction of sp³-hybridized carbons (Fsp3) is 0.500. The maximum Gasteiger partial charge on any atom is 0.416 e. The van der Waals surface area contributed by atoms with E-state index in [4.69, 9.17) is 4.74 Å². The van der Waals surface area contributed by atoms with Crippen molar-refractivity contribution >= 4 is 5.91 Å². The molecule has 0 bridgehead atoms. The zero-order chi connectivity index (χ0) is 27.1. The van der Waals surface area contributed by atoms with E-state index >= 15 is 0 Å². The predicted molar refractivity (Wildman–Crippen MR) is 126 cm³/mol. The van der Waals surface area contributed by atoms with Gasteiger partial charge in [-0.15, -0.1) is 0 Å². The summed E-state index contributed by atoms with van der Waals surface area (Å²) in [5.41, 5.74) is -3.13. The van der Waals surface area contributed by atoms with Gasteiger partial charge in [0.2, 0.25) is 5.91 Å². The molecule has 1 fully saturated rings.